The first-order chi connectivity index (χ1) is 12.0. The molecule has 3 aromatic rings. The smallest absolute Gasteiger partial charge is 0.254 e. The van der Waals surface area contributed by atoms with Gasteiger partial charge in [0.1, 0.15) is 6.04 Å². The third-order valence-electron chi connectivity index (χ3n) is 4.04. The molecule has 1 atom stereocenters. The molecule has 2 amide bonds. The molecule has 2 aromatic carbocycles. The molecule has 126 valence electrons. The van der Waals surface area contributed by atoms with Gasteiger partial charge in [0.05, 0.1) is 11.1 Å². The van der Waals surface area contributed by atoms with E-state index >= 15 is 0 Å². The van der Waals surface area contributed by atoms with Gasteiger partial charge in [0.25, 0.3) is 5.91 Å². The Kier molecular flexibility index (Phi) is 4.75. The zero-order valence-electron chi connectivity index (χ0n) is 13.9. The largest absolute Gasteiger partial charge is 0.368 e. The number of carbonyl (C=O) groups is 2. The van der Waals surface area contributed by atoms with Gasteiger partial charge in [-0.05, 0) is 24.6 Å². The Bertz CT molecular complexity index is 923. The number of nitrogens with one attached hydrogen (secondary N) is 1. The zero-order valence-corrected chi connectivity index (χ0v) is 13.9. The van der Waals surface area contributed by atoms with E-state index in [1.807, 2.05) is 55.5 Å². The van der Waals surface area contributed by atoms with Gasteiger partial charge in [0.2, 0.25) is 5.91 Å². The summed E-state index contributed by atoms with van der Waals surface area (Å²) in [5.41, 5.74) is 8.28. The predicted octanol–water partition coefficient (Wildman–Crippen LogP) is 2.37. The van der Waals surface area contributed by atoms with Gasteiger partial charge < -0.3 is 11.1 Å². The number of hydrogen-bond acceptors (Lipinski definition) is 3. The lowest BCUT2D eigenvalue weighted by Gasteiger charge is -2.16. The molecule has 1 aromatic heterocycles. The van der Waals surface area contributed by atoms with Crippen molar-refractivity contribution in [3.8, 4) is 0 Å². The highest BCUT2D eigenvalue weighted by atomic mass is 16.2. The van der Waals surface area contributed by atoms with Crippen LogP contribution in [0.5, 0.6) is 0 Å². The minimum atomic E-state index is -0.782. The lowest BCUT2D eigenvalue weighted by atomic mass is 10.0. The summed E-state index contributed by atoms with van der Waals surface area (Å²) in [4.78, 5) is 29.0. The highest BCUT2D eigenvalue weighted by Gasteiger charge is 2.21. The third-order valence-corrected chi connectivity index (χ3v) is 4.04. The van der Waals surface area contributed by atoms with Crippen molar-refractivity contribution >= 4 is 22.7 Å². The molecule has 3 rings (SSSR count). The molecule has 0 saturated heterocycles. The van der Waals surface area contributed by atoms with E-state index in [2.05, 4.69) is 10.3 Å². The fourth-order valence-corrected chi connectivity index (χ4v) is 2.74. The van der Waals surface area contributed by atoms with E-state index in [4.69, 9.17) is 5.73 Å². The number of primary amides is 1. The van der Waals surface area contributed by atoms with Crippen LogP contribution in [0.25, 0.3) is 10.9 Å². The lowest BCUT2D eigenvalue weighted by Crippen LogP contribution is -2.45. The molecule has 0 radical (unpaired) electrons. The van der Waals surface area contributed by atoms with Crippen molar-refractivity contribution in [2.24, 2.45) is 5.73 Å². The van der Waals surface area contributed by atoms with E-state index in [0.29, 0.717) is 17.5 Å². The second kappa shape index (κ2) is 7.13. The Balaban J connectivity index is 1.87. The number of para-hydroxylation sites is 1. The summed E-state index contributed by atoms with van der Waals surface area (Å²) in [7, 11) is 0. The first-order valence-corrected chi connectivity index (χ1v) is 8.05. The molecule has 0 aliphatic carbocycles. The molecule has 0 bridgehead atoms. The first-order valence-electron chi connectivity index (χ1n) is 8.05. The summed E-state index contributed by atoms with van der Waals surface area (Å²) in [6.45, 7) is 1.87. The number of benzene rings is 2. The Morgan fingerprint density at radius 3 is 2.52 bits per heavy atom. The van der Waals surface area contributed by atoms with Crippen LogP contribution in [-0.2, 0) is 11.2 Å². The topological polar surface area (TPSA) is 85.1 Å². The molecule has 3 N–H and O–H groups in total. The van der Waals surface area contributed by atoms with Crippen molar-refractivity contribution in [2.45, 2.75) is 19.4 Å². The van der Waals surface area contributed by atoms with Crippen molar-refractivity contribution in [1.29, 1.82) is 0 Å². The number of hydrogen-bond donors (Lipinski definition) is 2. The summed E-state index contributed by atoms with van der Waals surface area (Å²) in [6, 6.07) is 17.9. The van der Waals surface area contributed by atoms with Crippen LogP contribution in [0.4, 0.5) is 0 Å². The normalized spacial score (nSPS) is 11.9. The summed E-state index contributed by atoms with van der Waals surface area (Å²) in [5, 5.41) is 3.61. The van der Waals surface area contributed by atoms with Crippen LogP contribution in [0.1, 0.15) is 21.6 Å². The molecule has 0 saturated carbocycles. The molecule has 0 aliphatic rings. The van der Waals surface area contributed by atoms with Crippen LogP contribution in [0.3, 0.4) is 0 Å². The van der Waals surface area contributed by atoms with Gasteiger partial charge in [0.15, 0.2) is 0 Å². The van der Waals surface area contributed by atoms with E-state index in [-0.39, 0.29) is 5.91 Å². The molecule has 5 nitrogen and oxygen atoms in total. The van der Waals surface area contributed by atoms with Crippen LogP contribution >= 0.6 is 0 Å². The molecule has 0 aliphatic heterocycles. The minimum absolute atomic E-state index is 0.346. The van der Waals surface area contributed by atoms with E-state index in [0.717, 1.165) is 16.6 Å². The number of fused-ring (bicyclic) bond motifs is 1. The molecular weight excluding hydrogens is 314 g/mol. The number of aryl methyl sites for hydroxylation is 1. The quantitative estimate of drug-likeness (QED) is 0.752. The van der Waals surface area contributed by atoms with Crippen LogP contribution in [0.2, 0.25) is 0 Å². The molecular formula is C20H19N3O2. The van der Waals surface area contributed by atoms with Crippen molar-refractivity contribution in [1.82, 2.24) is 10.3 Å². The molecule has 25 heavy (non-hydrogen) atoms. The minimum Gasteiger partial charge on any atom is -0.368 e. The third kappa shape index (κ3) is 3.83. The number of pyridine rings is 1. The highest BCUT2D eigenvalue weighted by molar-refractivity contribution is 6.06. The predicted molar refractivity (Wildman–Crippen MR) is 97.1 cm³/mol. The number of amides is 2. The number of rotatable bonds is 5. The number of carbonyl (C=O) groups excluding carboxylic acids is 2. The Morgan fingerprint density at radius 1 is 1.04 bits per heavy atom. The summed E-state index contributed by atoms with van der Waals surface area (Å²) in [5.74, 6) is -0.926. The fraction of sp³-hybridized carbons (Fsp3) is 0.150. The van der Waals surface area contributed by atoms with Gasteiger partial charge >= 0.3 is 0 Å². The van der Waals surface area contributed by atoms with Crippen molar-refractivity contribution in [3.63, 3.8) is 0 Å². The van der Waals surface area contributed by atoms with Crippen molar-refractivity contribution in [2.75, 3.05) is 0 Å². The number of nitrogens with zero attached hydrogens (tertiary/aromatic N) is 1. The standard InChI is InChI=1S/C20H19N3O2/c1-13-10-11-15-8-5-9-16(18(15)22-13)20(25)23-17(19(21)24)12-14-6-3-2-4-7-14/h2-11,17H,12H2,1H3,(H2,21,24)(H,23,25)/t17-/m1/s1. The Labute approximate surface area is 145 Å². The van der Waals surface area contributed by atoms with E-state index in [9.17, 15) is 9.59 Å². The van der Waals surface area contributed by atoms with Crippen molar-refractivity contribution in [3.05, 3.63) is 77.5 Å². The first kappa shape index (κ1) is 16.6. The zero-order chi connectivity index (χ0) is 17.8. The molecule has 0 fully saturated rings. The summed E-state index contributed by atoms with van der Waals surface area (Å²) < 4.78 is 0. The Hall–Kier alpha value is -3.21. The van der Waals surface area contributed by atoms with Gasteiger partial charge in [-0.25, -0.2) is 0 Å². The molecule has 5 heteroatoms. The second-order valence-corrected chi connectivity index (χ2v) is 5.95. The van der Waals surface area contributed by atoms with Gasteiger partial charge in [-0.1, -0.05) is 48.5 Å². The molecule has 1 heterocycles. The number of nitrogens with two attached hydrogens (primary N) is 1. The molecule has 0 unspecified atom stereocenters. The lowest BCUT2D eigenvalue weighted by molar-refractivity contribution is -0.119. The van der Waals surface area contributed by atoms with Gasteiger partial charge in [-0.3, -0.25) is 14.6 Å². The average molecular weight is 333 g/mol. The SMILES string of the molecule is Cc1ccc2cccc(C(=O)N[C@H](Cc3ccccc3)C(N)=O)c2n1. The van der Waals surface area contributed by atoms with Gasteiger partial charge in [-0.2, -0.15) is 0 Å². The summed E-state index contributed by atoms with van der Waals surface area (Å²) >= 11 is 0. The summed E-state index contributed by atoms with van der Waals surface area (Å²) in [6.07, 6.45) is 0.346. The fourth-order valence-electron chi connectivity index (χ4n) is 2.74. The maximum Gasteiger partial charge on any atom is 0.254 e. The van der Waals surface area contributed by atoms with E-state index in [1.165, 1.54) is 0 Å². The van der Waals surface area contributed by atoms with Crippen LogP contribution < -0.4 is 11.1 Å². The molecule has 0 spiro atoms. The van der Waals surface area contributed by atoms with Crippen LogP contribution in [0, 0.1) is 6.92 Å². The Morgan fingerprint density at radius 2 is 1.80 bits per heavy atom. The maximum atomic E-state index is 12.7. The number of aromatic nitrogens is 1. The van der Waals surface area contributed by atoms with Crippen LogP contribution in [0.15, 0.2) is 60.7 Å². The van der Waals surface area contributed by atoms with Crippen LogP contribution in [-0.4, -0.2) is 22.8 Å². The average Bonchev–Trinajstić information content (AvgIpc) is 2.61. The monoisotopic (exact) mass is 333 g/mol. The van der Waals surface area contributed by atoms with Gasteiger partial charge in [-0.15, -0.1) is 0 Å². The van der Waals surface area contributed by atoms with E-state index < -0.39 is 11.9 Å². The second-order valence-electron chi connectivity index (χ2n) is 5.95. The van der Waals surface area contributed by atoms with Crippen molar-refractivity contribution < 1.29 is 9.59 Å². The maximum absolute atomic E-state index is 12.7. The highest BCUT2D eigenvalue weighted by Crippen LogP contribution is 2.17. The van der Waals surface area contributed by atoms with E-state index in [1.54, 1.807) is 12.1 Å². The van der Waals surface area contributed by atoms with Gasteiger partial charge in [0, 0.05) is 17.5 Å².